The number of rotatable bonds is 3. The molecular weight excluding hydrogens is 280 g/mol. The van der Waals surface area contributed by atoms with Crippen molar-refractivity contribution in [1.82, 2.24) is 4.98 Å². The van der Waals surface area contributed by atoms with Crippen molar-refractivity contribution in [3.63, 3.8) is 0 Å². The minimum atomic E-state index is -0.693. The lowest BCUT2D eigenvalue weighted by molar-refractivity contribution is 0.102. The van der Waals surface area contributed by atoms with Crippen LogP contribution in [0.5, 0.6) is 0 Å². The van der Waals surface area contributed by atoms with Gasteiger partial charge in [-0.3, -0.25) is 4.79 Å². The average Bonchev–Trinajstić information content (AvgIpc) is 2.41. The van der Waals surface area contributed by atoms with E-state index in [4.69, 9.17) is 17.3 Å². The molecule has 0 radical (unpaired) electrons. The molecule has 1 aromatic carbocycles. The fourth-order valence-corrected chi connectivity index (χ4v) is 1.63. The van der Waals surface area contributed by atoms with E-state index in [-0.39, 0.29) is 5.91 Å². The van der Waals surface area contributed by atoms with E-state index in [1.54, 1.807) is 30.3 Å². The Morgan fingerprint density at radius 1 is 1.15 bits per heavy atom. The van der Waals surface area contributed by atoms with Gasteiger partial charge < -0.3 is 16.4 Å². The number of halogens is 1. The summed E-state index contributed by atoms with van der Waals surface area (Å²) in [7, 11) is 0. The Morgan fingerprint density at radius 2 is 1.95 bits per heavy atom. The maximum absolute atomic E-state index is 12.0. The molecule has 0 aliphatic heterocycles. The molecule has 0 bridgehead atoms. The van der Waals surface area contributed by atoms with Crippen LogP contribution in [-0.2, 0) is 0 Å². The molecule has 1 aromatic heterocycles. The molecular formula is C13H11ClN4O2. The first-order valence-electron chi connectivity index (χ1n) is 5.64. The molecule has 20 heavy (non-hydrogen) atoms. The van der Waals surface area contributed by atoms with Gasteiger partial charge in [0.2, 0.25) is 0 Å². The third-order valence-electron chi connectivity index (χ3n) is 2.36. The van der Waals surface area contributed by atoms with Crippen LogP contribution in [0.15, 0.2) is 42.6 Å². The summed E-state index contributed by atoms with van der Waals surface area (Å²) in [6.45, 7) is 0. The molecule has 0 aliphatic carbocycles. The Hall–Kier alpha value is -2.60. The van der Waals surface area contributed by atoms with Crippen LogP contribution >= 0.6 is 11.6 Å². The van der Waals surface area contributed by atoms with Crippen molar-refractivity contribution >= 4 is 35.0 Å². The zero-order valence-corrected chi connectivity index (χ0v) is 11.0. The number of hydrogen-bond acceptors (Lipinski definition) is 3. The molecule has 2 aromatic rings. The van der Waals surface area contributed by atoms with Gasteiger partial charge in [-0.05, 0) is 30.3 Å². The standard InChI is InChI=1S/C13H11ClN4O2/c14-9-4-5-11(16-7-9)18-12(19)8-2-1-3-10(6-8)17-13(15)20/h1-7H,(H3,15,17,20)(H,16,18,19). The van der Waals surface area contributed by atoms with E-state index in [0.717, 1.165) is 0 Å². The van der Waals surface area contributed by atoms with E-state index >= 15 is 0 Å². The molecule has 3 amide bonds. The van der Waals surface area contributed by atoms with Crippen LogP contribution < -0.4 is 16.4 Å². The zero-order valence-electron chi connectivity index (χ0n) is 10.3. The molecule has 0 atom stereocenters. The second-order valence-corrected chi connectivity index (χ2v) is 4.32. The summed E-state index contributed by atoms with van der Waals surface area (Å²) >= 11 is 5.71. The van der Waals surface area contributed by atoms with E-state index in [1.165, 1.54) is 12.3 Å². The number of benzene rings is 1. The van der Waals surface area contributed by atoms with Gasteiger partial charge >= 0.3 is 6.03 Å². The summed E-state index contributed by atoms with van der Waals surface area (Å²) in [6, 6.07) is 8.90. The number of nitrogens with one attached hydrogen (secondary N) is 2. The Balaban J connectivity index is 2.12. The van der Waals surface area contributed by atoms with E-state index in [0.29, 0.717) is 22.1 Å². The van der Waals surface area contributed by atoms with Gasteiger partial charge in [0.1, 0.15) is 5.82 Å². The fourth-order valence-electron chi connectivity index (χ4n) is 1.52. The Morgan fingerprint density at radius 3 is 2.60 bits per heavy atom. The van der Waals surface area contributed by atoms with Crippen LogP contribution in [0.1, 0.15) is 10.4 Å². The number of pyridine rings is 1. The number of carbonyl (C=O) groups excluding carboxylic acids is 2. The predicted octanol–water partition coefficient (Wildman–Crippen LogP) is 2.48. The molecule has 0 saturated heterocycles. The molecule has 0 fully saturated rings. The van der Waals surface area contributed by atoms with Crippen LogP contribution in [0.25, 0.3) is 0 Å². The second-order valence-electron chi connectivity index (χ2n) is 3.89. The summed E-state index contributed by atoms with van der Waals surface area (Å²) in [5, 5.41) is 5.49. The van der Waals surface area contributed by atoms with Crippen molar-refractivity contribution in [2.75, 3.05) is 10.6 Å². The minimum absolute atomic E-state index is 0.354. The van der Waals surface area contributed by atoms with Gasteiger partial charge in [-0.15, -0.1) is 0 Å². The summed E-state index contributed by atoms with van der Waals surface area (Å²) in [4.78, 5) is 26.7. The van der Waals surface area contributed by atoms with Gasteiger partial charge in [0.25, 0.3) is 5.91 Å². The van der Waals surface area contributed by atoms with Crippen molar-refractivity contribution in [1.29, 1.82) is 0 Å². The third kappa shape index (κ3) is 3.69. The molecule has 0 aliphatic rings. The number of hydrogen-bond donors (Lipinski definition) is 3. The highest BCUT2D eigenvalue weighted by Crippen LogP contribution is 2.13. The maximum Gasteiger partial charge on any atom is 0.316 e. The van der Waals surface area contributed by atoms with Crippen LogP contribution in [0.2, 0.25) is 5.02 Å². The largest absolute Gasteiger partial charge is 0.351 e. The summed E-state index contributed by atoms with van der Waals surface area (Å²) in [6.07, 6.45) is 1.43. The van der Waals surface area contributed by atoms with Crippen LogP contribution in [-0.4, -0.2) is 16.9 Å². The van der Waals surface area contributed by atoms with Crippen molar-refractivity contribution < 1.29 is 9.59 Å². The number of nitrogens with zero attached hydrogens (tertiary/aromatic N) is 1. The van der Waals surface area contributed by atoms with Gasteiger partial charge in [-0.2, -0.15) is 0 Å². The van der Waals surface area contributed by atoms with E-state index in [2.05, 4.69) is 15.6 Å². The second kappa shape index (κ2) is 6.03. The molecule has 2 rings (SSSR count). The molecule has 0 saturated carbocycles. The lowest BCUT2D eigenvalue weighted by atomic mass is 10.2. The molecule has 4 N–H and O–H groups in total. The Labute approximate surface area is 120 Å². The Kier molecular flexibility index (Phi) is 4.17. The number of primary amides is 1. The first kappa shape index (κ1) is 13.8. The van der Waals surface area contributed by atoms with E-state index < -0.39 is 6.03 Å². The van der Waals surface area contributed by atoms with Crippen molar-refractivity contribution in [2.45, 2.75) is 0 Å². The average molecular weight is 291 g/mol. The van der Waals surface area contributed by atoms with Crippen LogP contribution in [0.4, 0.5) is 16.3 Å². The van der Waals surface area contributed by atoms with Gasteiger partial charge in [0.15, 0.2) is 0 Å². The minimum Gasteiger partial charge on any atom is -0.351 e. The molecule has 0 spiro atoms. The van der Waals surface area contributed by atoms with Crippen molar-refractivity contribution in [3.05, 3.63) is 53.2 Å². The molecule has 1 heterocycles. The smallest absolute Gasteiger partial charge is 0.316 e. The predicted molar refractivity (Wildman–Crippen MR) is 76.8 cm³/mol. The molecule has 7 heteroatoms. The maximum atomic E-state index is 12.0. The SMILES string of the molecule is NC(=O)Nc1cccc(C(=O)Nc2ccc(Cl)cn2)c1. The number of carbonyl (C=O) groups is 2. The normalized spacial score (nSPS) is 9.85. The quantitative estimate of drug-likeness (QED) is 0.810. The number of nitrogens with two attached hydrogens (primary N) is 1. The van der Waals surface area contributed by atoms with Gasteiger partial charge in [-0.25, -0.2) is 9.78 Å². The van der Waals surface area contributed by atoms with E-state index in [9.17, 15) is 9.59 Å². The van der Waals surface area contributed by atoms with Gasteiger partial charge in [0.05, 0.1) is 5.02 Å². The van der Waals surface area contributed by atoms with Gasteiger partial charge in [-0.1, -0.05) is 17.7 Å². The van der Waals surface area contributed by atoms with Crippen molar-refractivity contribution in [3.8, 4) is 0 Å². The van der Waals surface area contributed by atoms with Gasteiger partial charge in [0, 0.05) is 17.4 Å². The number of anilines is 2. The van der Waals surface area contributed by atoms with Crippen molar-refractivity contribution in [2.24, 2.45) is 5.73 Å². The highest BCUT2D eigenvalue weighted by molar-refractivity contribution is 6.30. The number of urea groups is 1. The van der Waals surface area contributed by atoms with E-state index in [1.807, 2.05) is 0 Å². The monoisotopic (exact) mass is 290 g/mol. The topological polar surface area (TPSA) is 97.1 Å². The first-order chi connectivity index (χ1) is 9.54. The molecule has 6 nitrogen and oxygen atoms in total. The third-order valence-corrected chi connectivity index (χ3v) is 2.58. The molecule has 0 unspecified atom stereocenters. The number of amides is 3. The summed E-state index contributed by atoms with van der Waals surface area (Å²) in [5.41, 5.74) is 5.82. The van der Waals surface area contributed by atoms with Crippen LogP contribution in [0, 0.1) is 0 Å². The highest BCUT2D eigenvalue weighted by Gasteiger charge is 2.08. The fraction of sp³-hybridized carbons (Fsp3) is 0. The summed E-state index contributed by atoms with van der Waals surface area (Å²) in [5.74, 6) is 0.0283. The summed E-state index contributed by atoms with van der Waals surface area (Å²) < 4.78 is 0. The molecule has 102 valence electrons. The lowest BCUT2D eigenvalue weighted by Gasteiger charge is -2.06. The number of aromatic nitrogens is 1. The van der Waals surface area contributed by atoms with Crippen LogP contribution in [0.3, 0.4) is 0 Å². The zero-order chi connectivity index (χ0) is 14.5. The Bertz CT molecular complexity index is 643. The lowest BCUT2D eigenvalue weighted by Crippen LogP contribution is -2.20. The first-order valence-corrected chi connectivity index (χ1v) is 6.02. The highest BCUT2D eigenvalue weighted by atomic mass is 35.5.